The van der Waals surface area contributed by atoms with Crippen molar-refractivity contribution in [3.05, 3.63) is 35.1 Å². The first-order chi connectivity index (χ1) is 10.6. The van der Waals surface area contributed by atoms with Gasteiger partial charge in [-0.2, -0.15) is 0 Å². The van der Waals surface area contributed by atoms with Crippen LogP contribution in [-0.2, 0) is 11.2 Å². The Kier molecular flexibility index (Phi) is 2.69. The van der Waals surface area contributed by atoms with Crippen LogP contribution in [0.5, 0.6) is 0 Å². The van der Waals surface area contributed by atoms with Crippen molar-refractivity contribution >= 4 is 28.8 Å². The number of aryl methyl sites for hydroxylation is 1. The van der Waals surface area contributed by atoms with E-state index in [1.165, 1.54) is 0 Å². The van der Waals surface area contributed by atoms with Gasteiger partial charge >= 0.3 is 6.03 Å². The number of benzene rings is 1. The van der Waals surface area contributed by atoms with Gasteiger partial charge in [0.15, 0.2) is 6.04 Å². The SMILES string of the molecule is O=C1NC(=O)C(c2cc3cc4c(cc3o2)C(=O)NCCC4)N1. The van der Waals surface area contributed by atoms with Crippen LogP contribution in [0.1, 0.15) is 34.1 Å². The van der Waals surface area contributed by atoms with E-state index in [1.807, 2.05) is 6.07 Å². The fraction of sp³-hybridized carbons (Fsp3) is 0.267. The first-order valence-corrected chi connectivity index (χ1v) is 7.08. The first-order valence-electron chi connectivity index (χ1n) is 7.08. The Hall–Kier alpha value is -2.83. The first kappa shape index (κ1) is 12.9. The summed E-state index contributed by atoms with van der Waals surface area (Å²) in [6, 6.07) is 3.98. The van der Waals surface area contributed by atoms with Gasteiger partial charge in [0.2, 0.25) is 0 Å². The third kappa shape index (κ3) is 1.93. The lowest BCUT2D eigenvalue weighted by atomic mass is 10.0. The third-order valence-electron chi connectivity index (χ3n) is 3.97. The molecule has 4 amide bonds. The molecule has 22 heavy (non-hydrogen) atoms. The quantitative estimate of drug-likeness (QED) is 0.684. The second-order valence-corrected chi connectivity index (χ2v) is 5.45. The molecule has 0 bridgehead atoms. The molecule has 3 heterocycles. The van der Waals surface area contributed by atoms with E-state index in [1.54, 1.807) is 12.1 Å². The van der Waals surface area contributed by atoms with Crippen molar-refractivity contribution in [2.24, 2.45) is 0 Å². The van der Waals surface area contributed by atoms with E-state index < -0.39 is 18.0 Å². The maximum absolute atomic E-state index is 12.0. The molecule has 2 aliphatic heterocycles. The fourth-order valence-corrected chi connectivity index (χ4v) is 2.91. The van der Waals surface area contributed by atoms with Gasteiger partial charge in [-0.3, -0.25) is 14.9 Å². The summed E-state index contributed by atoms with van der Waals surface area (Å²) in [5.41, 5.74) is 2.10. The molecule has 0 saturated carbocycles. The molecule has 0 aliphatic carbocycles. The number of hydrogen-bond donors (Lipinski definition) is 3. The smallest absolute Gasteiger partial charge is 0.322 e. The number of imide groups is 1. The maximum atomic E-state index is 12.0. The number of carbonyl (C=O) groups is 3. The topological polar surface area (TPSA) is 100 Å². The van der Waals surface area contributed by atoms with Crippen molar-refractivity contribution in [1.29, 1.82) is 0 Å². The van der Waals surface area contributed by atoms with Crippen LogP contribution in [0.2, 0.25) is 0 Å². The van der Waals surface area contributed by atoms with Crippen LogP contribution >= 0.6 is 0 Å². The van der Waals surface area contributed by atoms with E-state index in [0.29, 0.717) is 23.5 Å². The second kappa shape index (κ2) is 4.59. The second-order valence-electron chi connectivity index (χ2n) is 5.45. The average Bonchev–Trinajstić information content (AvgIpc) is 2.98. The number of furan rings is 1. The molecule has 1 saturated heterocycles. The van der Waals surface area contributed by atoms with Gasteiger partial charge in [-0.05, 0) is 36.6 Å². The van der Waals surface area contributed by atoms with E-state index in [9.17, 15) is 14.4 Å². The molecule has 112 valence electrons. The van der Waals surface area contributed by atoms with Crippen LogP contribution in [0, 0.1) is 0 Å². The molecule has 1 aromatic heterocycles. The molecule has 0 radical (unpaired) electrons. The number of fused-ring (bicyclic) bond motifs is 2. The van der Waals surface area contributed by atoms with Gasteiger partial charge in [-0.25, -0.2) is 4.79 Å². The van der Waals surface area contributed by atoms with Crippen LogP contribution in [-0.4, -0.2) is 24.4 Å². The molecule has 2 aromatic rings. The van der Waals surface area contributed by atoms with Crippen molar-refractivity contribution in [2.45, 2.75) is 18.9 Å². The van der Waals surface area contributed by atoms with Crippen molar-refractivity contribution in [1.82, 2.24) is 16.0 Å². The summed E-state index contributed by atoms with van der Waals surface area (Å²) in [6.07, 6.45) is 1.70. The highest BCUT2D eigenvalue weighted by Crippen LogP contribution is 2.29. The summed E-state index contributed by atoms with van der Waals surface area (Å²) in [6.45, 7) is 0.661. The molecule has 2 aliphatic rings. The molecule has 1 fully saturated rings. The van der Waals surface area contributed by atoms with E-state index in [0.717, 1.165) is 23.8 Å². The highest BCUT2D eigenvalue weighted by Gasteiger charge is 2.33. The third-order valence-corrected chi connectivity index (χ3v) is 3.97. The Morgan fingerprint density at radius 1 is 1.14 bits per heavy atom. The highest BCUT2D eigenvalue weighted by molar-refractivity contribution is 6.05. The van der Waals surface area contributed by atoms with Gasteiger partial charge in [0.25, 0.3) is 11.8 Å². The average molecular weight is 299 g/mol. The molecule has 7 heteroatoms. The molecular formula is C15H13N3O4. The van der Waals surface area contributed by atoms with Gasteiger partial charge in [0.05, 0.1) is 0 Å². The number of nitrogens with one attached hydrogen (secondary N) is 3. The standard InChI is InChI=1S/C15H13N3O4/c19-13-9-6-10-8(4-7(9)2-1-3-16-13)5-11(22-10)12-14(20)18-15(21)17-12/h4-6,12H,1-3H2,(H,16,19)(H2,17,18,20,21). The Morgan fingerprint density at radius 3 is 2.77 bits per heavy atom. The Labute approximate surface area is 125 Å². The van der Waals surface area contributed by atoms with Crippen molar-refractivity contribution in [3.63, 3.8) is 0 Å². The number of carbonyl (C=O) groups excluding carboxylic acids is 3. The molecule has 3 N–H and O–H groups in total. The van der Waals surface area contributed by atoms with Crippen LogP contribution in [0.25, 0.3) is 11.0 Å². The highest BCUT2D eigenvalue weighted by atomic mass is 16.3. The minimum absolute atomic E-state index is 0.112. The lowest BCUT2D eigenvalue weighted by molar-refractivity contribution is -0.120. The van der Waals surface area contributed by atoms with E-state index >= 15 is 0 Å². The number of hydrogen-bond acceptors (Lipinski definition) is 4. The zero-order valence-corrected chi connectivity index (χ0v) is 11.6. The van der Waals surface area contributed by atoms with Crippen LogP contribution in [0.15, 0.2) is 22.6 Å². The minimum Gasteiger partial charge on any atom is -0.458 e. The minimum atomic E-state index is -0.825. The zero-order valence-electron chi connectivity index (χ0n) is 11.6. The lowest BCUT2D eigenvalue weighted by Crippen LogP contribution is -2.22. The van der Waals surface area contributed by atoms with Gasteiger partial charge < -0.3 is 15.1 Å². The fourth-order valence-electron chi connectivity index (χ4n) is 2.91. The monoisotopic (exact) mass is 299 g/mol. The number of rotatable bonds is 1. The molecule has 1 atom stereocenters. The molecule has 1 unspecified atom stereocenters. The van der Waals surface area contributed by atoms with Crippen LogP contribution in [0.4, 0.5) is 4.79 Å². The van der Waals surface area contributed by atoms with Crippen molar-refractivity contribution < 1.29 is 18.8 Å². The molecule has 4 rings (SSSR count). The Balaban J connectivity index is 1.80. The van der Waals surface area contributed by atoms with Gasteiger partial charge in [0.1, 0.15) is 11.3 Å². The van der Waals surface area contributed by atoms with Crippen molar-refractivity contribution in [2.75, 3.05) is 6.54 Å². The number of urea groups is 1. The summed E-state index contributed by atoms with van der Waals surface area (Å²) in [5, 5.41) is 8.32. The summed E-state index contributed by atoms with van der Waals surface area (Å²) in [5.74, 6) is -0.193. The molecule has 7 nitrogen and oxygen atoms in total. The summed E-state index contributed by atoms with van der Waals surface area (Å²) in [4.78, 5) is 34.9. The molecular weight excluding hydrogens is 286 g/mol. The van der Waals surface area contributed by atoms with Crippen molar-refractivity contribution in [3.8, 4) is 0 Å². The lowest BCUT2D eigenvalue weighted by Gasteiger charge is -2.03. The maximum Gasteiger partial charge on any atom is 0.322 e. The van der Waals surface area contributed by atoms with Gasteiger partial charge in [0, 0.05) is 17.5 Å². The normalized spacial score (nSPS) is 21.1. The zero-order chi connectivity index (χ0) is 15.3. The molecule has 1 aromatic carbocycles. The molecule has 0 spiro atoms. The Morgan fingerprint density at radius 2 is 2.00 bits per heavy atom. The van der Waals surface area contributed by atoms with E-state index in [2.05, 4.69) is 16.0 Å². The largest absolute Gasteiger partial charge is 0.458 e. The predicted octanol–water partition coefficient (Wildman–Crippen LogP) is 0.989. The van der Waals surface area contributed by atoms with Crippen LogP contribution < -0.4 is 16.0 Å². The summed E-state index contributed by atoms with van der Waals surface area (Å²) >= 11 is 0. The van der Waals surface area contributed by atoms with Crippen LogP contribution in [0.3, 0.4) is 0 Å². The van der Waals surface area contributed by atoms with E-state index in [-0.39, 0.29) is 5.91 Å². The predicted molar refractivity (Wildman–Crippen MR) is 76.3 cm³/mol. The van der Waals surface area contributed by atoms with Gasteiger partial charge in [-0.1, -0.05) is 0 Å². The summed E-state index contributed by atoms with van der Waals surface area (Å²) < 4.78 is 5.67. The van der Waals surface area contributed by atoms with E-state index in [4.69, 9.17) is 4.42 Å². The number of amides is 4. The van der Waals surface area contributed by atoms with Gasteiger partial charge in [-0.15, -0.1) is 0 Å². The summed E-state index contributed by atoms with van der Waals surface area (Å²) in [7, 11) is 0. The Bertz CT molecular complexity index is 824.